The minimum absolute atomic E-state index is 0.734. The second-order valence-electron chi connectivity index (χ2n) is 5.49. The highest BCUT2D eigenvalue weighted by molar-refractivity contribution is 4.81. The van der Waals surface area contributed by atoms with Crippen LogP contribution in [0.4, 0.5) is 0 Å². The summed E-state index contributed by atoms with van der Waals surface area (Å²) < 4.78 is 5.48. The van der Waals surface area contributed by atoms with Crippen LogP contribution >= 0.6 is 0 Å². The summed E-state index contributed by atoms with van der Waals surface area (Å²) in [4.78, 5) is 2.71. The lowest BCUT2D eigenvalue weighted by Crippen LogP contribution is -2.48. The molecule has 1 N–H and O–H groups in total. The van der Waals surface area contributed by atoms with Crippen LogP contribution in [0.3, 0.4) is 0 Å². The van der Waals surface area contributed by atoms with Crippen LogP contribution in [-0.2, 0) is 4.74 Å². The second kappa shape index (κ2) is 7.34. The zero-order chi connectivity index (χ0) is 11.9. The lowest BCUT2D eigenvalue weighted by atomic mass is 10.0. The van der Waals surface area contributed by atoms with E-state index in [-0.39, 0.29) is 0 Å². The van der Waals surface area contributed by atoms with Crippen molar-refractivity contribution in [1.29, 1.82) is 0 Å². The predicted octanol–water partition coefficient (Wildman–Crippen LogP) is 2.02. The highest BCUT2D eigenvalue weighted by Gasteiger charge is 2.24. The highest BCUT2D eigenvalue weighted by Crippen LogP contribution is 2.17. The van der Waals surface area contributed by atoms with Crippen molar-refractivity contribution in [1.82, 2.24) is 10.2 Å². The average Bonchev–Trinajstić information content (AvgIpc) is 2.40. The number of rotatable bonds is 5. The topological polar surface area (TPSA) is 24.5 Å². The average molecular weight is 240 g/mol. The molecule has 2 saturated heterocycles. The van der Waals surface area contributed by atoms with Crippen LogP contribution in [-0.4, -0.2) is 49.8 Å². The van der Waals surface area contributed by atoms with Crippen molar-refractivity contribution < 1.29 is 4.74 Å². The van der Waals surface area contributed by atoms with E-state index in [1.165, 1.54) is 58.2 Å². The van der Waals surface area contributed by atoms with Crippen molar-refractivity contribution in [3.63, 3.8) is 0 Å². The standard InChI is InChI=1S/C14H28N2O/c1-2-9-16(14-6-10-17-11-7-14)12-13-5-3-4-8-15-13/h13-15H,2-12H2,1H3. The van der Waals surface area contributed by atoms with E-state index in [0.29, 0.717) is 0 Å². The molecule has 0 spiro atoms. The molecule has 2 aliphatic rings. The number of hydrogen-bond donors (Lipinski definition) is 1. The van der Waals surface area contributed by atoms with Gasteiger partial charge in [-0.2, -0.15) is 0 Å². The predicted molar refractivity (Wildman–Crippen MR) is 71.3 cm³/mol. The Bertz CT molecular complexity index is 198. The fourth-order valence-corrected chi connectivity index (χ4v) is 3.12. The number of hydrogen-bond acceptors (Lipinski definition) is 3. The molecule has 2 heterocycles. The molecule has 1 atom stereocenters. The van der Waals surface area contributed by atoms with Gasteiger partial charge in [0.1, 0.15) is 0 Å². The van der Waals surface area contributed by atoms with Crippen LogP contribution in [0.1, 0.15) is 45.4 Å². The molecular formula is C14H28N2O. The summed E-state index contributed by atoms with van der Waals surface area (Å²) in [6.07, 6.45) is 7.86. The molecular weight excluding hydrogens is 212 g/mol. The van der Waals surface area contributed by atoms with Gasteiger partial charge in [-0.1, -0.05) is 13.3 Å². The lowest BCUT2D eigenvalue weighted by Gasteiger charge is -2.37. The van der Waals surface area contributed by atoms with Crippen LogP contribution in [0.2, 0.25) is 0 Å². The fourth-order valence-electron chi connectivity index (χ4n) is 3.12. The Labute approximate surface area is 106 Å². The number of piperidine rings is 1. The van der Waals surface area contributed by atoms with Crippen molar-refractivity contribution in [2.24, 2.45) is 0 Å². The molecule has 2 fully saturated rings. The summed E-state index contributed by atoms with van der Waals surface area (Å²) in [5.74, 6) is 0. The van der Waals surface area contributed by atoms with Gasteiger partial charge >= 0.3 is 0 Å². The molecule has 0 radical (unpaired) electrons. The van der Waals surface area contributed by atoms with Gasteiger partial charge in [-0.05, 0) is 45.2 Å². The van der Waals surface area contributed by atoms with Gasteiger partial charge in [0.2, 0.25) is 0 Å². The summed E-state index contributed by atoms with van der Waals surface area (Å²) in [5.41, 5.74) is 0. The molecule has 100 valence electrons. The van der Waals surface area contributed by atoms with Crippen LogP contribution in [0.15, 0.2) is 0 Å². The minimum Gasteiger partial charge on any atom is -0.381 e. The molecule has 0 aromatic carbocycles. The van der Waals surface area contributed by atoms with Crippen LogP contribution in [0.25, 0.3) is 0 Å². The van der Waals surface area contributed by atoms with Gasteiger partial charge in [0.25, 0.3) is 0 Å². The van der Waals surface area contributed by atoms with Crippen LogP contribution in [0, 0.1) is 0 Å². The monoisotopic (exact) mass is 240 g/mol. The Morgan fingerprint density at radius 1 is 1.18 bits per heavy atom. The van der Waals surface area contributed by atoms with Crippen molar-refractivity contribution in [2.75, 3.05) is 32.8 Å². The second-order valence-corrected chi connectivity index (χ2v) is 5.49. The smallest absolute Gasteiger partial charge is 0.0480 e. The molecule has 2 rings (SSSR count). The molecule has 0 bridgehead atoms. The molecule has 0 amide bonds. The SMILES string of the molecule is CCCN(CC1CCCCN1)C1CCOCC1. The Morgan fingerprint density at radius 2 is 2.00 bits per heavy atom. The van der Waals surface area contributed by atoms with Gasteiger partial charge < -0.3 is 10.1 Å². The summed E-state index contributed by atoms with van der Waals surface area (Å²) in [5, 5.41) is 3.67. The van der Waals surface area contributed by atoms with Gasteiger partial charge in [0.05, 0.1) is 0 Å². The molecule has 0 saturated carbocycles. The number of ether oxygens (including phenoxy) is 1. The normalized spacial score (nSPS) is 27.5. The molecule has 0 aromatic heterocycles. The fraction of sp³-hybridized carbons (Fsp3) is 1.00. The Balaban J connectivity index is 1.81. The van der Waals surface area contributed by atoms with Crippen LogP contribution in [0.5, 0.6) is 0 Å². The first-order valence-corrected chi connectivity index (χ1v) is 7.45. The van der Waals surface area contributed by atoms with E-state index in [9.17, 15) is 0 Å². The maximum Gasteiger partial charge on any atom is 0.0480 e. The van der Waals surface area contributed by atoms with Gasteiger partial charge in [-0.25, -0.2) is 0 Å². The molecule has 2 aliphatic heterocycles. The zero-order valence-electron chi connectivity index (χ0n) is 11.3. The van der Waals surface area contributed by atoms with E-state index >= 15 is 0 Å². The summed E-state index contributed by atoms with van der Waals surface area (Å²) in [7, 11) is 0. The molecule has 0 aromatic rings. The van der Waals surface area contributed by atoms with E-state index in [2.05, 4.69) is 17.1 Å². The third-order valence-corrected chi connectivity index (χ3v) is 4.09. The Morgan fingerprint density at radius 3 is 2.65 bits per heavy atom. The van der Waals surface area contributed by atoms with Gasteiger partial charge in [0.15, 0.2) is 0 Å². The van der Waals surface area contributed by atoms with Crippen molar-refractivity contribution in [3.05, 3.63) is 0 Å². The first-order valence-electron chi connectivity index (χ1n) is 7.45. The third-order valence-electron chi connectivity index (χ3n) is 4.09. The maximum atomic E-state index is 5.48. The van der Waals surface area contributed by atoms with Gasteiger partial charge in [-0.15, -0.1) is 0 Å². The first-order chi connectivity index (χ1) is 8.40. The van der Waals surface area contributed by atoms with E-state index < -0.39 is 0 Å². The number of nitrogens with zero attached hydrogens (tertiary/aromatic N) is 1. The van der Waals surface area contributed by atoms with Crippen LogP contribution < -0.4 is 5.32 Å². The first kappa shape index (κ1) is 13.3. The summed E-state index contributed by atoms with van der Waals surface area (Å²) in [6.45, 7) is 7.94. The van der Waals surface area contributed by atoms with Crippen molar-refractivity contribution in [2.45, 2.75) is 57.5 Å². The largest absolute Gasteiger partial charge is 0.381 e. The molecule has 0 aliphatic carbocycles. The molecule has 1 unspecified atom stereocenters. The van der Waals surface area contributed by atoms with Crippen molar-refractivity contribution >= 4 is 0 Å². The van der Waals surface area contributed by atoms with Gasteiger partial charge in [0, 0.05) is 31.8 Å². The molecule has 3 heteroatoms. The number of nitrogens with one attached hydrogen (secondary N) is 1. The quantitative estimate of drug-likeness (QED) is 0.795. The Hall–Kier alpha value is -0.120. The Kier molecular flexibility index (Phi) is 5.75. The van der Waals surface area contributed by atoms with Gasteiger partial charge in [-0.3, -0.25) is 4.90 Å². The molecule has 17 heavy (non-hydrogen) atoms. The highest BCUT2D eigenvalue weighted by atomic mass is 16.5. The third kappa shape index (κ3) is 4.23. The minimum atomic E-state index is 0.734. The van der Waals surface area contributed by atoms with E-state index in [1.807, 2.05) is 0 Å². The van der Waals surface area contributed by atoms with E-state index in [0.717, 1.165) is 25.3 Å². The van der Waals surface area contributed by atoms with Crippen molar-refractivity contribution in [3.8, 4) is 0 Å². The lowest BCUT2D eigenvalue weighted by molar-refractivity contribution is 0.0294. The summed E-state index contributed by atoms with van der Waals surface area (Å²) in [6, 6.07) is 1.51. The molecule has 3 nitrogen and oxygen atoms in total. The maximum absolute atomic E-state index is 5.48. The van der Waals surface area contributed by atoms with E-state index in [4.69, 9.17) is 4.74 Å². The zero-order valence-corrected chi connectivity index (χ0v) is 11.3. The van der Waals surface area contributed by atoms with E-state index in [1.54, 1.807) is 0 Å². The summed E-state index contributed by atoms with van der Waals surface area (Å²) >= 11 is 0.